The van der Waals surface area contributed by atoms with Crippen LogP contribution in [0.15, 0.2) is 24.3 Å². The third-order valence-electron chi connectivity index (χ3n) is 1.93. The van der Waals surface area contributed by atoms with Crippen molar-refractivity contribution in [3.63, 3.8) is 0 Å². The second-order valence-electron chi connectivity index (χ2n) is 3.13. The SMILES string of the molecule is Cc1ccc(NC(CN)CO)cc1. The Kier molecular flexibility index (Phi) is 3.73. The molecule has 0 aromatic heterocycles. The number of hydrogen-bond donors (Lipinski definition) is 3. The number of nitrogens with one attached hydrogen (secondary N) is 1. The molecule has 0 saturated heterocycles. The molecule has 0 aliphatic heterocycles. The van der Waals surface area contributed by atoms with E-state index in [1.165, 1.54) is 5.56 Å². The van der Waals surface area contributed by atoms with E-state index in [1.807, 2.05) is 31.2 Å². The molecule has 1 unspecified atom stereocenters. The van der Waals surface area contributed by atoms with Crippen LogP contribution in [0.25, 0.3) is 0 Å². The first-order valence-electron chi connectivity index (χ1n) is 4.40. The number of benzene rings is 1. The summed E-state index contributed by atoms with van der Waals surface area (Å²) in [4.78, 5) is 0. The van der Waals surface area contributed by atoms with E-state index in [9.17, 15) is 0 Å². The number of aliphatic hydroxyl groups excluding tert-OH is 1. The van der Waals surface area contributed by atoms with E-state index >= 15 is 0 Å². The zero-order chi connectivity index (χ0) is 9.68. The highest BCUT2D eigenvalue weighted by atomic mass is 16.3. The second-order valence-corrected chi connectivity index (χ2v) is 3.13. The van der Waals surface area contributed by atoms with Crippen LogP contribution in [0.4, 0.5) is 5.69 Å². The molecule has 0 spiro atoms. The molecule has 72 valence electrons. The fourth-order valence-electron chi connectivity index (χ4n) is 1.06. The first-order valence-corrected chi connectivity index (χ1v) is 4.40. The molecule has 0 radical (unpaired) electrons. The first-order chi connectivity index (χ1) is 6.26. The molecule has 4 N–H and O–H groups in total. The van der Waals surface area contributed by atoms with E-state index in [-0.39, 0.29) is 12.6 Å². The molecule has 0 saturated carbocycles. The third-order valence-corrected chi connectivity index (χ3v) is 1.93. The fourth-order valence-corrected chi connectivity index (χ4v) is 1.06. The van der Waals surface area contributed by atoms with E-state index < -0.39 is 0 Å². The maximum absolute atomic E-state index is 8.90. The van der Waals surface area contributed by atoms with Gasteiger partial charge in [0.2, 0.25) is 0 Å². The Morgan fingerprint density at radius 3 is 2.46 bits per heavy atom. The van der Waals surface area contributed by atoms with Crippen molar-refractivity contribution in [3.05, 3.63) is 29.8 Å². The average Bonchev–Trinajstić information content (AvgIpc) is 2.17. The minimum Gasteiger partial charge on any atom is -0.394 e. The van der Waals surface area contributed by atoms with E-state index in [0.29, 0.717) is 6.54 Å². The van der Waals surface area contributed by atoms with Crippen LogP contribution in [-0.4, -0.2) is 24.3 Å². The molecule has 3 heteroatoms. The van der Waals surface area contributed by atoms with Crippen LogP contribution in [-0.2, 0) is 0 Å². The lowest BCUT2D eigenvalue weighted by Crippen LogP contribution is -2.32. The van der Waals surface area contributed by atoms with Crippen LogP contribution in [0, 0.1) is 6.92 Å². The smallest absolute Gasteiger partial charge is 0.0645 e. The summed E-state index contributed by atoms with van der Waals surface area (Å²) in [5, 5.41) is 12.0. The highest BCUT2D eigenvalue weighted by Gasteiger charge is 2.02. The molecule has 13 heavy (non-hydrogen) atoms. The predicted molar refractivity (Wildman–Crippen MR) is 54.7 cm³/mol. The first kappa shape index (κ1) is 10.0. The van der Waals surface area contributed by atoms with E-state index in [2.05, 4.69) is 5.32 Å². The summed E-state index contributed by atoms with van der Waals surface area (Å²) in [6, 6.07) is 7.95. The number of nitrogens with two attached hydrogens (primary N) is 1. The molecule has 3 nitrogen and oxygen atoms in total. The van der Waals surface area contributed by atoms with Gasteiger partial charge in [-0.1, -0.05) is 17.7 Å². The van der Waals surface area contributed by atoms with Gasteiger partial charge in [-0.3, -0.25) is 0 Å². The van der Waals surface area contributed by atoms with Gasteiger partial charge < -0.3 is 16.2 Å². The largest absolute Gasteiger partial charge is 0.394 e. The van der Waals surface area contributed by atoms with Crippen molar-refractivity contribution >= 4 is 5.69 Å². The van der Waals surface area contributed by atoms with Gasteiger partial charge in [0.15, 0.2) is 0 Å². The Morgan fingerprint density at radius 2 is 2.00 bits per heavy atom. The minimum absolute atomic E-state index is 0.0530. The van der Waals surface area contributed by atoms with Crippen molar-refractivity contribution in [3.8, 4) is 0 Å². The minimum atomic E-state index is -0.0530. The maximum atomic E-state index is 8.90. The van der Waals surface area contributed by atoms with Crippen molar-refractivity contribution in [1.82, 2.24) is 0 Å². The number of hydrogen-bond acceptors (Lipinski definition) is 3. The van der Waals surface area contributed by atoms with E-state index in [4.69, 9.17) is 10.8 Å². The number of aliphatic hydroxyl groups is 1. The molecular weight excluding hydrogens is 164 g/mol. The van der Waals surface area contributed by atoms with Crippen molar-refractivity contribution in [2.75, 3.05) is 18.5 Å². The standard InChI is InChI=1S/C10H16N2O/c1-8-2-4-9(5-3-8)12-10(6-11)7-13/h2-5,10,12-13H,6-7,11H2,1H3. The van der Waals surface area contributed by atoms with Crippen molar-refractivity contribution in [1.29, 1.82) is 0 Å². The van der Waals surface area contributed by atoms with Gasteiger partial charge in [-0.2, -0.15) is 0 Å². The highest BCUT2D eigenvalue weighted by Crippen LogP contribution is 2.09. The third kappa shape index (κ3) is 3.05. The molecule has 1 aromatic carbocycles. The highest BCUT2D eigenvalue weighted by molar-refractivity contribution is 5.45. The molecule has 0 bridgehead atoms. The molecule has 1 rings (SSSR count). The lowest BCUT2D eigenvalue weighted by atomic mass is 10.2. The molecule has 0 aliphatic carbocycles. The lowest BCUT2D eigenvalue weighted by molar-refractivity contribution is 0.276. The summed E-state index contributed by atoms with van der Waals surface area (Å²) in [5.41, 5.74) is 7.66. The Hall–Kier alpha value is -1.06. The van der Waals surface area contributed by atoms with Crippen molar-refractivity contribution in [2.45, 2.75) is 13.0 Å². The lowest BCUT2D eigenvalue weighted by Gasteiger charge is -2.15. The molecule has 0 heterocycles. The zero-order valence-corrected chi connectivity index (χ0v) is 7.83. The van der Waals surface area contributed by atoms with Gasteiger partial charge in [-0.15, -0.1) is 0 Å². The van der Waals surface area contributed by atoms with Crippen molar-refractivity contribution < 1.29 is 5.11 Å². The monoisotopic (exact) mass is 180 g/mol. The zero-order valence-electron chi connectivity index (χ0n) is 7.83. The van der Waals surface area contributed by atoms with Crippen LogP contribution in [0.3, 0.4) is 0 Å². The Morgan fingerprint density at radius 1 is 1.38 bits per heavy atom. The molecule has 1 aromatic rings. The summed E-state index contributed by atoms with van der Waals surface area (Å²) < 4.78 is 0. The summed E-state index contributed by atoms with van der Waals surface area (Å²) >= 11 is 0. The number of aryl methyl sites for hydroxylation is 1. The molecule has 1 atom stereocenters. The van der Waals surface area contributed by atoms with Crippen LogP contribution in [0.1, 0.15) is 5.56 Å². The molecule has 0 aliphatic rings. The summed E-state index contributed by atoms with van der Waals surface area (Å²) in [6.45, 7) is 2.53. The molecular formula is C10H16N2O. The second kappa shape index (κ2) is 4.84. The Labute approximate surface area is 78.6 Å². The van der Waals surface area contributed by atoms with Gasteiger partial charge in [-0.05, 0) is 19.1 Å². The maximum Gasteiger partial charge on any atom is 0.0645 e. The van der Waals surface area contributed by atoms with Gasteiger partial charge in [0.25, 0.3) is 0 Å². The molecule has 0 fully saturated rings. The average molecular weight is 180 g/mol. The van der Waals surface area contributed by atoms with Gasteiger partial charge in [0.1, 0.15) is 0 Å². The van der Waals surface area contributed by atoms with Gasteiger partial charge in [0.05, 0.1) is 12.6 Å². The van der Waals surface area contributed by atoms with E-state index in [0.717, 1.165) is 5.69 Å². The Bertz CT molecular complexity index is 242. The van der Waals surface area contributed by atoms with Crippen LogP contribution < -0.4 is 11.1 Å². The number of rotatable bonds is 4. The van der Waals surface area contributed by atoms with Crippen LogP contribution in [0.5, 0.6) is 0 Å². The fraction of sp³-hybridized carbons (Fsp3) is 0.400. The topological polar surface area (TPSA) is 58.3 Å². The van der Waals surface area contributed by atoms with Gasteiger partial charge in [-0.25, -0.2) is 0 Å². The summed E-state index contributed by atoms with van der Waals surface area (Å²) in [5.74, 6) is 0. The van der Waals surface area contributed by atoms with Gasteiger partial charge in [0, 0.05) is 12.2 Å². The van der Waals surface area contributed by atoms with E-state index in [1.54, 1.807) is 0 Å². The number of anilines is 1. The van der Waals surface area contributed by atoms with Crippen LogP contribution in [0.2, 0.25) is 0 Å². The van der Waals surface area contributed by atoms with Crippen LogP contribution >= 0.6 is 0 Å². The van der Waals surface area contributed by atoms with Crippen molar-refractivity contribution in [2.24, 2.45) is 5.73 Å². The normalized spacial score (nSPS) is 12.5. The quantitative estimate of drug-likeness (QED) is 0.640. The molecule has 0 amide bonds. The Balaban J connectivity index is 2.58. The predicted octanol–water partition coefficient (Wildman–Crippen LogP) is 0.727. The van der Waals surface area contributed by atoms with Gasteiger partial charge >= 0.3 is 0 Å². The summed E-state index contributed by atoms with van der Waals surface area (Å²) in [6.07, 6.45) is 0. The summed E-state index contributed by atoms with van der Waals surface area (Å²) in [7, 11) is 0.